The van der Waals surface area contributed by atoms with Gasteiger partial charge in [0.2, 0.25) is 5.91 Å². The molecule has 1 amide bonds. The fourth-order valence-corrected chi connectivity index (χ4v) is 0.710. The first-order valence-corrected chi connectivity index (χ1v) is 4.82. The Balaban J connectivity index is 3.70. The molecule has 4 heteroatoms. The number of carbonyl (C=O) groups excluding carboxylic acids is 2. The van der Waals surface area contributed by atoms with Crippen molar-refractivity contribution in [2.45, 2.75) is 34.1 Å². The van der Waals surface area contributed by atoms with Gasteiger partial charge < -0.3 is 10.1 Å². The van der Waals surface area contributed by atoms with Crippen molar-refractivity contribution < 1.29 is 14.3 Å². The Hall–Kier alpha value is -1.06. The van der Waals surface area contributed by atoms with E-state index in [1.54, 1.807) is 0 Å². The number of esters is 1. The van der Waals surface area contributed by atoms with Crippen LogP contribution < -0.4 is 5.32 Å². The van der Waals surface area contributed by atoms with Gasteiger partial charge in [0, 0.05) is 6.92 Å². The van der Waals surface area contributed by atoms with Gasteiger partial charge in [0.1, 0.15) is 6.61 Å². The molecule has 0 spiro atoms. The number of hydrogen-bond donors (Lipinski definition) is 1. The topological polar surface area (TPSA) is 55.4 Å². The molecule has 0 bridgehead atoms. The van der Waals surface area contributed by atoms with Gasteiger partial charge in [0.25, 0.3) is 0 Å². The summed E-state index contributed by atoms with van der Waals surface area (Å²) < 4.78 is 4.99. The lowest BCUT2D eigenvalue weighted by atomic mass is 9.91. The van der Waals surface area contributed by atoms with Gasteiger partial charge in [-0.2, -0.15) is 0 Å². The molecule has 0 aliphatic heterocycles. The van der Waals surface area contributed by atoms with Gasteiger partial charge in [0.05, 0.1) is 12.0 Å². The molecule has 0 aliphatic rings. The zero-order valence-corrected chi connectivity index (χ0v) is 9.35. The number of ether oxygens (including phenoxy) is 1. The Labute approximate surface area is 85.0 Å². The van der Waals surface area contributed by atoms with Gasteiger partial charge in [-0.1, -0.05) is 6.92 Å². The van der Waals surface area contributed by atoms with Crippen molar-refractivity contribution in [3.05, 3.63) is 0 Å². The normalized spacial score (nSPS) is 10.9. The average molecular weight is 201 g/mol. The predicted octanol–water partition coefficient (Wildman–Crippen LogP) is 1.10. The molecule has 0 radical (unpaired) electrons. The molecule has 0 unspecified atom stereocenters. The van der Waals surface area contributed by atoms with Crippen LogP contribution in [-0.4, -0.2) is 25.0 Å². The van der Waals surface area contributed by atoms with Crippen molar-refractivity contribution in [3.8, 4) is 0 Å². The zero-order valence-electron chi connectivity index (χ0n) is 9.35. The molecule has 0 rings (SSSR count). The summed E-state index contributed by atoms with van der Waals surface area (Å²) in [6.07, 6.45) is 0.742. The third kappa shape index (κ3) is 4.84. The molecule has 0 aliphatic carbocycles. The second-order valence-electron chi connectivity index (χ2n) is 3.86. The van der Waals surface area contributed by atoms with Crippen molar-refractivity contribution in [2.75, 3.05) is 13.2 Å². The van der Waals surface area contributed by atoms with Crippen molar-refractivity contribution in [2.24, 2.45) is 5.41 Å². The molecule has 82 valence electrons. The lowest BCUT2D eigenvalue weighted by Gasteiger charge is -2.20. The van der Waals surface area contributed by atoms with Crippen molar-refractivity contribution >= 4 is 11.9 Å². The Bertz CT molecular complexity index is 211. The standard InChI is InChI=1S/C10H19NO3/c1-5-10(3,4)9(13)14-7-6-11-8(2)12/h5-7H2,1-4H3,(H,11,12). The van der Waals surface area contributed by atoms with E-state index in [1.165, 1.54) is 6.92 Å². The fourth-order valence-electron chi connectivity index (χ4n) is 0.710. The van der Waals surface area contributed by atoms with Gasteiger partial charge >= 0.3 is 5.97 Å². The SMILES string of the molecule is CCC(C)(C)C(=O)OCCNC(C)=O. The molecule has 0 aromatic carbocycles. The number of rotatable bonds is 5. The molecule has 4 nitrogen and oxygen atoms in total. The number of amides is 1. The molecule has 0 atom stereocenters. The van der Waals surface area contributed by atoms with Gasteiger partial charge in [0.15, 0.2) is 0 Å². The van der Waals surface area contributed by atoms with Gasteiger partial charge in [-0.3, -0.25) is 9.59 Å². The minimum Gasteiger partial charge on any atom is -0.463 e. The van der Waals surface area contributed by atoms with Gasteiger partial charge in [-0.25, -0.2) is 0 Å². The highest BCUT2D eigenvalue weighted by Gasteiger charge is 2.26. The zero-order chi connectivity index (χ0) is 11.2. The highest BCUT2D eigenvalue weighted by Crippen LogP contribution is 2.20. The van der Waals surface area contributed by atoms with E-state index >= 15 is 0 Å². The summed E-state index contributed by atoms with van der Waals surface area (Å²) >= 11 is 0. The van der Waals surface area contributed by atoms with E-state index in [0.717, 1.165) is 6.42 Å². The van der Waals surface area contributed by atoms with Crippen LogP contribution in [-0.2, 0) is 14.3 Å². The maximum Gasteiger partial charge on any atom is 0.311 e. The highest BCUT2D eigenvalue weighted by atomic mass is 16.5. The second-order valence-corrected chi connectivity index (χ2v) is 3.86. The van der Waals surface area contributed by atoms with E-state index in [0.29, 0.717) is 6.54 Å². The maximum atomic E-state index is 11.4. The molecular weight excluding hydrogens is 182 g/mol. The van der Waals surface area contributed by atoms with Crippen LogP contribution >= 0.6 is 0 Å². The first kappa shape index (κ1) is 12.9. The molecule has 0 saturated carbocycles. The van der Waals surface area contributed by atoms with Gasteiger partial charge in [-0.05, 0) is 20.3 Å². The van der Waals surface area contributed by atoms with Crippen LogP contribution in [0.5, 0.6) is 0 Å². The van der Waals surface area contributed by atoms with Crippen LogP contribution in [0.1, 0.15) is 34.1 Å². The van der Waals surface area contributed by atoms with Crippen LogP contribution in [0.25, 0.3) is 0 Å². The van der Waals surface area contributed by atoms with E-state index in [2.05, 4.69) is 5.32 Å². The summed E-state index contributed by atoms with van der Waals surface area (Å²) in [6, 6.07) is 0. The van der Waals surface area contributed by atoms with E-state index in [-0.39, 0.29) is 18.5 Å². The number of nitrogens with one attached hydrogen (secondary N) is 1. The van der Waals surface area contributed by atoms with Crippen molar-refractivity contribution in [3.63, 3.8) is 0 Å². The number of carbonyl (C=O) groups is 2. The summed E-state index contributed by atoms with van der Waals surface area (Å²) in [6.45, 7) is 7.66. The first-order chi connectivity index (χ1) is 6.40. The largest absolute Gasteiger partial charge is 0.463 e. The van der Waals surface area contributed by atoms with Crippen LogP contribution in [0.3, 0.4) is 0 Å². The number of hydrogen-bond acceptors (Lipinski definition) is 3. The summed E-state index contributed by atoms with van der Waals surface area (Å²) in [5.41, 5.74) is -0.434. The van der Waals surface area contributed by atoms with Crippen LogP contribution in [0.15, 0.2) is 0 Å². The quantitative estimate of drug-likeness (QED) is 0.535. The summed E-state index contributed by atoms with van der Waals surface area (Å²) in [5.74, 6) is -0.332. The fraction of sp³-hybridized carbons (Fsp3) is 0.800. The monoisotopic (exact) mass is 201 g/mol. The third-order valence-corrected chi connectivity index (χ3v) is 2.15. The lowest BCUT2D eigenvalue weighted by molar-refractivity contribution is -0.154. The van der Waals surface area contributed by atoms with E-state index in [1.807, 2.05) is 20.8 Å². The summed E-state index contributed by atoms with van der Waals surface area (Å²) in [5, 5.41) is 2.55. The van der Waals surface area contributed by atoms with E-state index in [9.17, 15) is 9.59 Å². The lowest BCUT2D eigenvalue weighted by Crippen LogP contribution is -2.30. The minimum absolute atomic E-state index is 0.115. The Morgan fingerprint density at radius 2 is 1.93 bits per heavy atom. The molecule has 14 heavy (non-hydrogen) atoms. The van der Waals surface area contributed by atoms with Crippen LogP contribution in [0.2, 0.25) is 0 Å². The first-order valence-electron chi connectivity index (χ1n) is 4.82. The second kappa shape index (κ2) is 5.62. The molecule has 0 saturated heterocycles. The summed E-state index contributed by atoms with van der Waals surface area (Å²) in [4.78, 5) is 21.9. The molecule has 0 fully saturated rings. The van der Waals surface area contributed by atoms with E-state index < -0.39 is 5.41 Å². The molecule has 0 aromatic rings. The van der Waals surface area contributed by atoms with E-state index in [4.69, 9.17) is 4.74 Å². The van der Waals surface area contributed by atoms with Gasteiger partial charge in [-0.15, -0.1) is 0 Å². The molecule has 0 aromatic heterocycles. The maximum absolute atomic E-state index is 11.4. The summed E-state index contributed by atoms with van der Waals surface area (Å²) in [7, 11) is 0. The molecule has 0 heterocycles. The Morgan fingerprint density at radius 3 is 2.36 bits per heavy atom. The van der Waals surface area contributed by atoms with Crippen molar-refractivity contribution in [1.29, 1.82) is 0 Å². The van der Waals surface area contributed by atoms with Crippen LogP contribution in [0.4, 0.5) is 0 Å². The minimum atomic E-state index is -0.434. The molecular formula is C10H19NO3. The smallest absolute Gasteiger partial charge is 0.311 e. The third-order valence-electron chi connectivity index (χ3n) is 2.15. The Morgan fingerprint density at radius 1 is 1.36 bits per heavy atom. The predicted molar refractivity (Wildman–Crippen MR) is 53.7 cm³/mol. The Kier molecular flexibility index (Phi) is 5.20. The van der Waals surface area contributed by atoms with Crippen LogP contribution in [0, 0.1) is 5.41 Å². The van der Waals surface area contributed by atoms with Crippen molar-refractivity contribution in [1.82, 2.24) is 5.32 Å². The highest BCUT2D eigenvalue weighted by molar-refractivity contribution is 5.76. The molecule has 1 N–H and O–H groups in total. The average Bonchev–Trinajstić information content (AvgIpc) is 2.11.